The van der Waals surface area contributed by atoms with E-state index in [1.54, 1.807) is 17.0 Å². The van der Waals surface area contributed by atoms with Gasteiger partial charge in [0.2, 0.25) is 15.9 Å². The molecule has 0 saturated carbocycles. The molecular weight excluding hydrogens is 314 g/mol. The average molecular weight is 337 g/mol. The summed E-state index contributed by atoms with van der Waals surface area (Å²) in [7, 11) is -3.57. The summed E-state index contributed by atoms with van der Waals surface area (Å²) in [5, 5.41) is 3.31. The topological polar surface area (TPSA) is 78.5 Å². The first-order chi connectivity index (χ1) is 10.9. The zero-order chi connectivity index (χ0) is 16.6. The fourth-order valence-corrected chi connectivity index (χ4v) is 4.68. The van der Waals surface area contributed by atoms with E-state index in [1.165, 1.54) is 6.92 Å². The van der Waals surface area contributed by atoms with Gasteiger partial charge >= 0.3 is 0 Å². The van der Waals surface area contributed by atoms with Gasteiger partial charge in [0.15, 0.2) is 0 Å². The molecule has 0 spiro atoms. The largest absolute Gasteiger partial charge is 0.314 e. The molecule has 2 atom stereocenters. The van der Waals surface area contributed by atoms with Gasteiger partial charge in [0.1, 0.15) is 0 Å². The summed E-state index contributed by atoms with van der Waals surface area (Å²) in [6.45, 7) is 5.00. The first-order valence-electron chi connectivity index (χ1n) is 8.03. The predicted octanol–water partition coefficient (Wildman–Crippen LogP) is 1.01. The number of nitrogens with zero attached hydrogens (tertiary/aromatic N) is 1. The van der Waals surface area contributed by atoms with E-state index in [4.69, 9.17) is 0 Å². The monoisotopic (exact) mass is 337 g/mol. The number of hydrogen-bond donors (Lipinski definition) is 2. The highest BCUT2D eigenvalue weighted by Crippen LogP contribution is 2.30. The highest BCUT2D eigenvalue weighted by atomic mass is 32.2. The Labute approximate surface area is 137 Å². The number of carbonyl (C=O) groups is 1. The van der Waals surface area contributed by atoms with E-state index in [-0.39, 0.29) is 16.8 Å². The SMILES string of the molecule is CC(=O)N1CCc2ccc(S(=O)(=O)NC3CCNC(C)C3)cc21. The number of fused-ring (bicyclic) bond motifs is 1. The summed E-state index contributed by atoms with van der Waals surface area (Å²) in [5.74, 6) is -0.0570. The number of carbonyl (C=O) groups excluding carboxylic acids is 1. The van der Waals surface area contributed by atoms with Crippen LogP contribution in [0.1, 0.15) is 32.3 Å². The van der Waals surface area contributed by atoms with Gasteiger partial charge in [-0.25, -0.2) is 13.1 Å². The molecule has 0 aromatic heterocycles. The average Bonchev–Trinajstić information content (AvgIpc) is 2.89. The summed E-state index contributed by atoms with van der Waals surface area (Å²) in [5.41, 5.74) is 1.74. The first kappa shape index (κ1) is 16.4. The number of piperidine rings is 1. The predicted molar refractivity (Wildman–Crippen MR) is 89.0 cm³/mol. The maximum atomic E-state index is 12.6. The molecule has 2 N–H and O–H groups in total. The third kappa shape index (κ3) is 3.41. The number of nitrogens with one attached hydrogen (secondary N) is 2. The van der Waals surface area contributed by atoms with E-state index in [1.807, 2.05) is 6.07 Å². The fourth-order valence-electron chi connectivity index (χ4n) is 3.38. The molecule has 2 aliphatic heterocycles. The Morgan fingerprint density at radius 1 is 1.39 bits per heavy atom. The number of anilines is 1. The van der Waals surface area contributed by atoms with Gasteiger partial charge < -0.3 is 10.2 Å². The quantitative estimate of drug-likeness (QED) is 0.863. The van der Waals surface area contributed by atoms with Crippen LogP contribution in [0.5, 0.6) is 0 Å². The number of sulfonamides is 1. The molecule has 1 amide bonds. The molecule has 1 saturated heterocycles. The molecule has 2 unspecified atom stereocenters. The fraction of sp³-hybridized carbons (Fsp3) is 0.562. The van der Waals surface area contributed by atoms with Gasteiger partial charge in [0.05, 0.1) is 4.90 Å². The van der Waals surface area contributed by atoms with Crippen molar-refractivity contribution in [1.29, 1.82) is 0 Å². The molecule has 1 fully saturated rings. The molecule has 3 rings (SSSR count). The third-order valence-electron chi connectivity index (χ3n) is 4.59. The highest BCUT2D eigenvalue weighted by molar-refractivity contribution is 7.89. The van der Waals surface area contributed by atoms with Crippen molar-refractivity contribution in [2.24, 2.45) is 0 Å². The minimum atomic E-state index is -3.57. The molecule has 0 radical (unpaired) electrons. The minimum absolute atomic E-state index is 0.0478. The van der Waals surface area contributed by atoms with Crippen LogP contribution in [0.2, 0.25) is 0 Å². The Bertz CT molecular complexity index is 717. The Morgan fingerprint density at radius 3 is 2.87 bits per heavy atom. The highest BCUT2D eigenvalue weighted by Gasteiger charge is 2.27. The Kier molecular flexibility index (Phi) is 4.44. The van der Waals surface area contributed by atoms with Gasteiger partial charge in [-0.1, -0.05) is 6.07 Å². The van der Waals surface area contributed by atoms with E-state index >= 15 is 0 Å². The molecule has 0 bridgehead atoms. The van der Waals surface area contributed by atoms with Crippen LogP contribution in [0, 0.1) is 0 Å². The zero-order valence-electron chi connectivity index (χ0n) is 13.5. The van der Waals surface area contributed by atoms with Crippen molar-refractivity contribution < 1.29 is 13.2 Å². The molecule has 1 aromatic carbocycles. The van der Waals surface area contributed by atoms with E-state index in [9.17, 15) is 13.2 Å². The molecule has 7 heteroatoms. The van der Waals surface area contributed by atoms with E-state index < -0.39 is 10.0 Å². The van der Waals surface area contributed by atoms with Gasteiger partial charge in [-0.2, -0.15) is 0 Å². The summed E-state index contributed by atoms with van der Waals surface area (Å²) >= 11 is 0. The van der Waals surface area contributed by atoms with Crippen molar-refractivity contribution in [3.05, 3.63) is 23.8 Å². The van der Waals surface area contributed by atoms with Gasteiger partial charge in [0.25, 0.3) is 0 Å². The Balaban J connectivity index is 1.83. The maximum absolute atomic E-state index is 12.6. The second-order valence-electron chi connectivity index (χ2n) is 6.41. The minimum Gasteiger partial charge on any atom is -0.314 e. The summed E-state index contributed by atoms with van der Waals surface area (Å²) in [6, 6.07) is 5.34. The van der Waals surface area contributed by atoms with Gasteiger partial charge in [-0.15, -0.1) is 0 Å². The summed E-state index contributed by atoms with van der Waals surface area (Å²) in [6.07, 6.45) is 2.34. The first-order valence-corrected chi connectivity index (χ1v) is 9.52. The van der Waals surface area contributed by atoms with Crippen LogP contribution in [0.15, 0.2) is 23.1 Å². The van der Waals surface area contributed by atoms with Gasteiger partial charge in [-0.3, -0.25) is 4.79 Å². The van der Waals surface area contributed by atoms with Crippen molar-refractivity contribution >= 4 is 21.6 Å². The molecule has 126 valence electrons. The van der Waals surface area contributed by atoms with Crippen LogP contribution < -0.4 is 14.9 Å². The standard InChI is InChI=1S/C16H23N3O3S/c1-11-9-14(5-7-17-11)18-23(21,22)15-4-3-13-6-8-19(12(2)20)16(13)10-15/h3-4,10-11,14,17-18H,5-9H2,1-2H3. The van der Waals surface area contributed by atoms with Crippen molar-refractivity contribution in [3.63, 3.8) is 0 Å². The molecule has 0 aliphatic carbocycles. The smallest absolute Gasteiger partial charge is 0.240 e. The van der Waals surface area contributed by atoms with Crippen molar-refractivity contribution in [2.75, 3.05) is 18.0 Å². The third-order valence-corrected chi connectivity index (χ3v) is 6.11. The molecule has 6 nitrogen and oxygen atoms in total. The number of benzene rings is 1. The van der Waals surface area contributed by atoms with Crippen LogP contribution in [0.25, 0.3) is 0 Å². The Morgan fingerprint density at radius 2 is 2.17 bits per heavy atom. The lowest BCUT2D eigenvalue weighted by molar-refractivity contribution is -0.116. The van der Waals surface area contributed by atoms with Crippen molar-refractivity contribution in [1.82, 2.24) is 10.0 Å². The van der Waals surface area contributed by atoms with Crippen LogP contribution in [-0.2, 0) is 21.2 Å². The van der Waals surface area contributed by atoms with Crippen LogP contribution in [0.3, 0.4) is 0 Å². The lowest BCUT2D eigenvalue weighted by Gasteiger charge is -2.28. The molecular formula is C16H23N3O3S. The van der Waals surface area contributed by atoms with E-state index in [0.717, 1.165) is 37.1 Å². The number of rotatable bonds is 3. The zero-order valence-corrected chi connectivity index (χ0v) is 14.3. The molecule has 23 heavy (non-hydrogen) atoms. The van der Waals surface area contributed by atoms with Crippen LogP contribution in [-0.4, -0.2) is 39.5 Å². The normalized spacial score (nSPS) is 24.5. The molecule has 1 aromatic rings. The van der Waals surface area contributed by atoms with Crippen molar-refractivity contribution in [2.45, 2.75) is 50.1 Å². The van der Waals surface area contributed by atoms with Crippen LogP contribution in [0.4, 0.5) is 5.69 Å². The lowest BCUT2D eigenvalue weighted by Crippen LogP contribution is -2.46. The summed E-state index contributed by atoms with van der Waals surface area (Å²) < 4.78 is 28.1. The number of hydrogen-bond acceptors (Lipinski definition) is 4. The second-order valence-corrected chi connectivity index (χ2v) is 8.12. The number of amides is 1. The van der Waals surface area contributed by atoms with Gasteiger partial charge in [-0.05, 0) is 50.4 Å². The van der Waals surface area contributed by atoms with Crippen molar-refractivity contribution in [3.8, 4) is 0 Å². The van der Waals surface area contributed by atoms with E-state index in [2.05, 4.69) is 17.0 Å². The summed E-state index contributed by atoms with van der Waals surface area (Å²) in [4.78, 5) is 13.5. The second kappa shape index (κ2) is 6.22. The molecule has 2 aliphatic rings. The maximum Gasteiger partial charge on any atom is 0.240 e. The van der Waals surface area contributed by atoms with Crippen LogP contribution >= 0.6 is 0 Å². The molecule has 2 heterocycles. The Hall–Kier alpha value is -1.44. The van der Waals surface area contributed by atoms with Gasteiger partial charge in [0, 0.05) is 31.2 Å². The lowest BCUT2D eigenvalue weighted by atomic mass is 10.0. The van der Waals surface area contributed by atoms with E-state index in [0.29, 0.717) is 12.6 Å².